The predicted octanol–water partition coefficient (Wildman–Crippen LogP) is 2.99. The Hall–Kier alpha value is -1.66. The number of hydrogen-bond donors (Lipinski definition) is 1. The zero-order chi connectivity index (χ0) is 18.5. The highest BCUT2D eigenvalue weighted by molar-refractivity contribution is 5.95. The minimum Gasteiger partial charge on any atom is -0.493 e. The minimum atomic E-state index is 0. The topological polar surface area (TPSA) is 60.0 Å². The molecule has 3 rings (SSSR count). The van der Waals surface area contributed by atoms with Gasteiger partial charge in [-0.3, -0.25) is 4.79 Å². The van der Waals surface area contributed by atoms with E-state index in [4.69, 9.17) is 14.2 Å². The average Bonchev–Trinajstić information content (AvgIpc) is 2.72. The summed E-state index contributed by atoms with van der Waals surface area (Å²) in [6.45, 7) is 3.92. The summed E-state index contributed by atoms with van der Waals surface area (Å²) in [5.41, 5.74) is 0.583. The van der Waals surface area contributed by atoms with Gasteiger partial charge in [0.1, 0.15) is 0 Å². The van der Waals surface area contributed by atoms with Gasteiger partial charge in [-0.25, -0.2) is 0 Å². The molecule has 27 heavy (non-hydrogen) atoms. The molecule has 1 aromatic rings. The zero-order valence-corrected chi connectivity index (χ0v) is 17.3. The lowest BCUT2D eigenvalue weighted by Gasteiger charge is -2.37. The number of halogens is 1. The summed E-state index contributed by atoms with van der Waals surface area (Å²) in [7, 11) is 4.69. The maximum atomic E-state index is 13.0. The number of piperidine rings is 2. The molecule has 0 atom stereocenters. The fraction of sp³-hybridized carbons (Fsp3) is 0.650. The van der Waals surface area contributed by atoms with Gasteiger partial charge in [-0.15, -0.1) is 12.4 Å². The highest BCUT2D eigenvalue weighted by Crippen LogP contribution is 2.39. The molecular formula is C20H31ClN2O4. The number of carbonyl (C=O) groups excluding carboxylic acids is 1. The number of ether oxygens (including phenoxy) is 3. The molecule has 2 aliphatic heterocycles. The van der Waals surface area contributed by atoms with Crippen LogP contribution in [0.15, 0.2) is 12.1 Å². The fourth-order valence-electron chi connectivity index (χ4n) is 4.28. The summed E-state index contributed by atoms with van der Waals surface area (Å²) in [6, 6.07) is 3.48. The second kappa shape index (κ2) is 10.0. The van der Waals surface area contributed by atoms with Crippen LogP contribution in [0.3, 0.4) is 0 Å². The predicted molar refractivity (Wildman–Crippen MR) is 108 cm³/mol. The van der Waals surface area contributed by atoms with Crippen LogP contribution in [0.5, 0.6) is 17.2 Å². The molecule has 0 aliphatic carbocycles. The van der Waals surface area contributed by atoms with Crippen LogP contribution in [-0.2, 0) is 0 Å². The number of methoxy groups -OCH3 is 3. The van der Waals surface area contributed by atoms with Crippen molar-refractivity contribution in [3.8, 4) is 17.2 Å². The van der Waals surface area contributed by atoms with E-state index in [9.17, 15) is 4.79 Å². The lowest BCUT2D eigenvalue weighted by molar-refractivity contribution is 0.0641. The maximum Gasteiger partial charge on any atom is 0.254 e. The molecule has 2 saturated heterocycles. The van der Waals surface area contributed by atoms with Crippen molar-refractivity contribution in [3.05, 3.63) is 17.7 Å². The van der Waals surface area contributed by atoms with E-state index in [1.807, 2.05) is 4.90 Å². The molecule has 1 amide bonds. The standard InChI is InChI=1S/C20H30N2O4.ClH/c1-24-17-12-16(13-18(25-2)19(17)26-3)20(23)22-10-6-15(7-11-22)14-4-8-21-9-5-14;/h12-15,21H,4-11H2,1-3H3;1H. The smallest absolute Gasteiger partial charge is 0.254 e. The first-order chi connectivity index (χ1) is 12.7. The number of amides is 1. The Kier molecular flexibility index (Phi) is 8.05. The summed E-state index contributed by atoms with van der Waals surface area (Å²) in [6.07, 6.45) is 4.73. The molecule has 0 saturated carbocycles. The molecular weight excluding hydrogens is 368 g/mol. The molecule has 0 bridgehead atoms. The van der Waals surface area contributed by atoms with Crippen molar-refractivity contribution < 1.29 is 19.0 Å². The van der Waals surface area contributed by atoms with Crippen LogP contribution in [-0.4, -0.2) is 58.3 Å². The van der Waals surface area contributed by atoms with E-state index < -0.39 is 0 Å². The summed E-state index contributed by atoms with van der Waals surface area (Å²) in [5, 5.41) is 3.43. The van der Waals surface area contributed by atoms with E-state index >= 15 is 0 Å². The van der Waals surface area contributed by atoms with Crippen LogP contribution >= 0.6 is 12.4 Å². The Labute approximate surface area is 167 Å². The molecule has 0 radical (unpaired) electrons. The number of carbonyl (C=O) groups is 1. The van der Waals surface area contributed by atoms with Gasteiger partial charge in [0.2, 0.25) is 5.75 Å². The second-order valence-electron chi connectivity index (χ2n) is 7.13. The fourth-order valence-corrected chi connectivity index (χ4v) is 4.28. The van der Waals surface area contributed by atoms with Crippen molar-refractivity contribution in [2.24, 2.45) is 11.8 Å². The Morgan fingerprint density at radius 3 is 1.93 bits per heavy atom. The van der Waals surface area contributed by atoms with Crippen molar-refractivity contribution in [2.75, 3.05) is 47.5 Å². The van der Waals surface area contributed by atoms with Crippen molar-refractivity contribution in [2.45, 2.75) is 25.7 Å². The third kappa shape index (κ3) is 4.79. The summed E-state index contributed by atoms with van der Waals surface area (Å²) >= 11 is 0. The first-order valence-corrected chi connectivity index (χ1v) is 9.48. The summed E-state index contributed by atoms with van der Waals surface area (Å²) in [5.74, 6) is 3.14. The van der Waals surface area contributed by atoms with Crippen LogP contribution in [0.4, 0.5) is 0 Å². The first kappa shape index (κ1) is 21.6. The minimum absolute atomic E-state index is 0. The SMILES string of the molecule is COc1cc(C(=O)N2CCC(C3CCNCC3)CC2)cc(OC)c1OC.Cl. The lowest BCUT2D eigenvalue weighted by Crippen LogP contribution is -2.42. The van der Waals surface area contributed by atoms with Gasteiger partial charge >= 0.3 is 0 Å². The van der Waals surface area contributed by atoms with Gasteiger partial charge in [-0.05, 0) is 62.7 Å². The van der Waals surface area contributed by atoms with Crippen LogP contribution in [0.2, 0.25) is 0 Å². The molecule has 2 fully saturated rings. The normalized spacial score (nSPS) is 18.6. The monoisotopic (exact) mass is 398 g/mol. The number of hydrogen-bond acceptors (Lipinski definition) is 5. The maximum absolute atomic E-state index is 13.0. The number of rotatable bonds is 5. The zero-order valence-electron chi connectivity index (χ0n) is 16.5. The quantitative estimate of drug-likeness (QED) is 0.826. The summed E-state index contributed by atoms with van der Waals surface area (Å²) in [4.78, 5) is 14.9. The van der Waals surface area contributed by atoms with E-state index in [1.165, 1.54) is 12.8 Å². The molecule has 2 heterocycles. The molecule has 7 heteroatoms. The van der Waals surface area contributed by atoms with Crippen molar-refractivity contribution in [1.29, 1.82) is 0 Å². The van der Waals surface area contributed by atoms with Crippen LogP contribution in [0.1, 0.15) is 36.0 Å². The van der Waals surface area contributed by atoms with Gasteiger partial charge in [0.25, 0.3) is 5.91 Å². The van der Waals surface area contributed by atoms with Crippen LogP contribution in [0, 0.1) is 11.8 Å². The van der Waals surface area contributed by atoms with Crippen LogP contribution in [0.25, 0.3) is 0 Å². The lowest BCUT2D eigenvalue weighted by atomic mass is 9.79. The molecule has 152 valence electrons. The number of nitrogens with one attached hydrogen (secondary N) is 1. The third-order valence-electron chi connectivity index (χ3n) is 5.79. The molecule has 0 spiro atoms. The van der Waals surface area contributed by atoms with Gasteiger partial charge in [-0.2, -0.15) is 0 Å². The Morgan fingerprint density at radius 2 is 1.44 bits per heavy atom. The van der Waals surface area contributed by atoms with E-state index in [2.05, 4.69) is 5.32 Å². The Morgan fingerprint density at radius 1 is 0.926 bits per heavy atom. The van der Waals surface area contributed by atoms with Crippen molar-refractivity contribution in [1.82, 2.24) is 10.2 Å². The van der Waals surface area contributed by atoms with E-state index in [1.54, 1.807) is 33.5 Å². The largest absolute Gasteiger partial charge is 0.493 e. The average molecular weight is 399 g/mol. The second-order valence-corrected chi connectivity index (χ2v) is 7.13. The van der Waals surface area contributed by atoms with Crippen molar-refractivity contribution in [3.63, 3.8) is 0 Å². The Balaban J connectivity index is 0.00000261. The van der Waals surface area contributed by atoms with Crippen LogP contribution < -0.4 is 19.5 Å². The van der Waals surface area contributed by atoms with Crippen molar-refractivity contribution >= 4 is 18.3 Å². The van der Waals surface area contributed by atoms with Gasteiger partial charge in [0.05, 0.1) is 21.3 Å². The van der Waals surface area contributed by atoms with E-state index in [0.29, 0.717) is 22.8 Å². The number of nitrogens with zero attached hydrogens (tertiary/aromatic N) is 1. The third-order valence-corrected chi connectivity index (χ3v) is 5.79. The number of benzene rings is 1. The molecule has 1 N–H and O–H groups in total. The van der Waals surface area contributed by atoms with Gasteiger partial charge in [0.15, 0.2) is 11.5 Å². The van der Waals surface area contributed by atoms with Gasteiger partial charge < -0.3 is 24.4 Å². The van der Waals surface area contributed by atoms with E-state index in [0.717, 1.165) is 50.9 Å². The highest BCUT2D eigenvalue weighted by atomic mass is 35.5. The Bertz CT molecular complexity index is 601. The van der Waals surface area contributed by atoms with Gasteiger partial charge in [0, 0.05) is 18.7 Å². The van der Waals surface area contributed by atoms with E-state index in [-0.39, 0.29) is 18.3 Å². The van der Waals surface area contributed by atoms with Gasteiger partial charge in [-0.1, -0.05) is 0 Å². The molecule has 2 aliphatic rings. The molecule has 0 aromatic heterocycles. The highest BCUT2D eigenvalue weighted by Gasteiger charge is 2.30. The summed E-state index contributed by atoms with van der Waals surface area (Å²) < 4.78 is 16.1. The molecule has 6 nitrogen and oxygen atoms in total. The first-order valence-electron chi connectivity index (χ1n) is 9.48. The molecule has 0 unspecified atom stereocenters. The number of likely N-dealkylation sites (tertiary alicyclic amines) is 1. The molecule has 1 aromatic carbocycles.